The summed E-state index contributed by atoms with van der Waals surface area (Å²) in [5.41, 5.74) is 3.08. The van der Waals surface area contributed by atoms with Gasteiger partial charge in [0.05, 0.1) is 12.0 Å². The van der Waals surface area contributed by atoms with E-state index in [1.54, 1.807) is 19.2 Å². The van der Waals surface area contributed by atoms with Gasteiger partial charge in [-0.15, -0.1) is 12.4 Å². The highest BCUT2D eigenvalue weighted by molar-refractivity contribution is 9.10. The molecule has 3 aromatic rings. The molecule has 172 valence electrons. The molecule has 3 N–H and O–H groups in total. The number of rotatable bonds is 10. The first-order valence-electron chi connectivity index (χ1n) is 9.72. The summed E-state index contributed by atoms with van der Waals surface area (Å²) >= 11 is 3.53. The second-order valence-corrected chi connectivity index (χ2v) is 9.46. The van der Waals surface area contributed by atoms with Gasteiger partial charge in [0.25, 0.3) is 0 Å². The predicted octanol–water partition coefficient (Wildman–Crippen LogP) is 4.44. The average molecular weight is 542 g/mol. The first-order chi connectivity index (χ1) is 14.9. The Hall–Kier alpha value is -2.10. The Kier molecular flexibility index (Phi) is 9.99. The maximum absolute atomic E-state index is 11.4. The minimum atomic E-state index is -3.67. The zero-order valence-corrected chi connectivity index (χ0v) is 20.8. The predicted molar refractivity (Wildman–Crippen MR) is 132 cm³/mol. The van der Waals surface area contributed by atoms with Crippen molar-refractivity contribution in [2.45, 2.75) is 24.5 Å². The zero-order valence-electron chi connectivity index (χ0n) is 17.6. The third-order valence-electron chi connectivity index (χ3n) is 4.70. The standard InChI is InChI=1S/C23H25BrN2O4S.ClH/c1-29-22-14-20(24)13-19(23(22)30-16-18-5-3-2-4-6-18)15-26-12-11-17-7-9-21(10-8-17)31(25,27)28;/h2-10,13-14,26H,11-12,15-16H2,1H3,(H2,25,27,28);1H. The van der Waals surface area contributed by atoms with Gasteiger partial charge in [-0.2, -0.15) is 0 Å². The van der Waals surface area contributed by atoms with Gasteiger partial charge in [0.1, 0.15) is 6.61 Å². The molecular weight excluding hydrogens is 516 g/mol. The van der Waals surface area contributed by atoms with Crippen LogP contribution >= 0.6 is 28.3 Å². The molecule has 0 bridgehead atoms. The largest absolute Gasteiger partial charge is 0.493 e. The number of hydrogen-bond acceptors (Lipinski definition) is 5. The van der Waals surface area contributed by atoms with Crippen LogP contribution in [0.5, 0.6) is 11.5 Å². The molecule has 0 unspecified atom stereocenters. The fraction of sp³-hybridized carbons (Fsp3) is 0.217. The van der Waals surface area contributed by atoms with Gasteiger partial charge in [-0.05, 0) is 48.4 Å². The lowest BCUT2D eigenvalue weighted by atomic mass is 10.1. The molecule has 0 heterocycles. The van der Waals surface area contributed by atoms with Gasteiger partial charge in [0.15, 0.2) is 11.5 Å². The molecule has 0 aliphatic heterocycles. The molecule has 0 spiro atoms. The summed E-state index contributed by atoms with van der Waals surface area (Å²) in [4.78, 5) is 0.116. The van der Waals surface area contributed by atoms with Crippen LogP contribution in [-0.2, 0) is 29.6 Å². The summed E-state index contributed by atoms with van der Waals surface area (Å²) in [5.74, 6) is 1.38. The smallest absolute Gasteiger partial charge is 0.238 e. The van der Waals surface area contributed by atoms with Crippen LogP contribution in [0.1, 0.15) is 16.7 Å². The van der Waals surface area contributed by atoms with Gasteiger partial charge in [-0.25, -0.2) is 13.6 Å². The maximum atomic E-state index is 11.4. The van der Waals surface area contributed by atoms with Crippen LogP contribution in [0, 0.1) is 0 Å². The third kappa shape index (κ3) is 7.50. The Morgan fingerprint density at radius 1 is 1.00 bits per heavy atom. The van der Waals surface area contributed by atoms with Crippen molar-refractivity contribution in [3.63, 3.8) is 0 Å². The van der Waals surface area contributed by atoms with E-state index in [2.05, 4.69) is 21.2 Å². The molecule has 32 heavy (non-hydrogen) atoms. The Morgan fingerprint density at radius 2 is 1.69 bits per heavy atom. The van der Waals surface area contributed by atoms with E-state index in [9.17, 15) is 8.42 Å². The SMILES string of the molecule is COc1cc(Br)cc(CNCCc2ccc(S(N)(=O)=O)cc2)c1OCc1ccccc1.Cl. The quantitative estimate of drug-likeness (QED) is 0.370. The first-order valence-corrected chi connectivity index (χ1v) is 12.1. The highest BCUT2D eigenvalue weighted by atomic mass is 79.9. The van der Waals surface area contributed by atoms with Crippen molar-refractivity contribution < 1.29 is 17.9 Å². The molecular formula is C23H26BrClN2O4S. The number of hydrogen-bond donors (Lipinski definition) is 2. The maximum Gasteiger partial charge on any atom is 0.238 e. The van der Waals surface area contributed by atoms with E-state index in [-0.39, 0.29) is 17.3 Å². The highest BCUT2D eigenvalue weighted by Gasteiger charge is 2.13. The van der Waals surface area contributed by atoms with Gasteiger partial charge < -0.3 is 14.8 Å². The molecule has 0 radical (unpaired) electrons. The Balaban J connectivity index is 0.00000363. The summed E-state index contributed by atoms with van der Waals surface area (Å²) in [6, 6.07) is 20.5. The van der Waals surface area contributed by atoms with Gasteiger partial charge in [-0.3, -0.25) is 0 Å². The van der Waals surface area contributed by atoms with Gasteiger partial charge in [0.2, 0.25) is 10.0 Å². The molecule has 3 aromatic carbocycles. The fourth-order valence-corrected chi connectivity index (χ4v) is 4.10. The first kappa shape index (κ1) is 26.2. The van der Waals surface area contributed by atoms with E-state index in [1.807, 2.05) is 42.5 Å². The molecule has 0 saturated heterocycles. The van der Waals surface area contributed by atoms with Crippen LogP contribution in [0.15, 0.2) is 76.1 Å². The molecule has 0 aliphatic carbocycles. The van der Waals surface area contributed by atoms with Crippen molar-refractivity contribution >= 4 is 38.4 Å². The number of primary sulfonamides is 1. The van der Waals surface area contributed by atoms with Crippen molar-refractivity contribution in [1.29, 1.82) is 0 Å². The van der Waals surface area contributed by atoms with E-state index in [0.717, 1.165) is 27.6 Å². The lowest BCUT2D eigenvalue weighted by Gasteiger charge is -2.16. The second kappa shape index (κ2) is 12.2. The van der Waals surface area contributed by atoms with Gasteiger partial charge >= 0.3 is 0 Å². The molecule has 0 aromatic heterocycles. The summed E-state index contributed by atoms with van der Waals surface area (Å²) < 4.78 is 35.3. The lowest BCUT2D eigenvalue weighted by molar-refractivity contribution is 0.280. The topological polar surface area (TPSA) is 90.6 Å². The summed E-state index contributed by atoms with van der Waals surface area (Å²) in [5, 5.41) is 8.55. The number of nitrogens with two attached hydrogens (primary N) is 1. The molecule has 0 aliphatic rings. The van der Waals surface area contributed by atoms with Crippen molar-refractivity contribution in [1.82, 2.24) is 5.32 Å². The van der Waals surface area contributed by atoms with Gasteiger partial charge in [-0.1, -0.05) is 58.4 Å². The number of benzene rings is 3. The minimum absolute atomic E-state index is 0. The average Bonchev–Trinajstić information content (AvgIpc) is 2.76. The molecule has 0 amide bonds. The molecule has 0 fully saturated rings. The number of halogens is 2. The number of methoxy groups -OCH3 is 1. The molecule has 3 rings (SSSR count). The number of nitrogens with one attached hydrogen (secondary N) is 1. The Morgan fingerprint density at radius 3 is 2.31 bits per heavy atom. The summed E-state index contributed by atoms with van der Waals surface area (Å²) in [6.45, 7) is 1.75. The van der Waals surface area contributed by atoms with E-state index < -0.39 is 10.0 Å². The molecule has 0 saturated carbocycles. The third-order valence-corrected chi connectivity index (χ3v) is 6.09. The van der Waals surface area contributed by atoms with Crippen molar-refractivity contribution in [3.05, 3.63) is 87.9 Å². The van der Waals surface area contributed by atoms with E-state index in [1.165, 1.54) is 12.1 Å². The van der Waals surface area contributed by atoms with E-state index in [4.69, 9.17) is 14.6 Å². The molecule has 0 atom stereocenters. The lowest BCUT2D eigenvalue weighted by Crippen LogP contribution is -2.18. The molecule has 9 heteroatoms. The van der Waals surface area contributed by atoms with Crippen LogP contribution in [0.3, 0.4) is 0 Å². The van der Waals surface area contributed by atoms with Crippen LogP contribution in [0.25, 0.3) is 0 Å². The summed E-state index contributed by atoms with van der Waals surface area (Å²) in [7, 11) is -2.04. The van der Waals surface area contributed by atoms with Crippen molar-refractivity contribution in [2.24, 2.45) is 5.14 Å². The van der Waals surface area contributed by atoms with E-state index in [0.29, 0.717) is 31.2 Å². The minimum Gasteiger partial charge on any atom is -0.493 e. The zero-order chi connectivity index (χ0) is 22.3. The molecule has 6 nitrogen and oxygen atoms in total. The van der Waals surface area contributed by atoms with Crippen molar-refractivity contribution in [3.8, 4) is 11.5 Å². The number of ether oxygens (including phenoxy) is 2. The van der Waals surface area contributed by atoms with Crippen LogP contribution < -0.4 is 19.9 Å². The second-order valence-electron chi connectivity index (χ2n) is 6.99. The van der Waals surface area contributed by atoms with E-state index >= 15 is 0 Å². The van der Waals surface area contributed by atoms with Crippen LogP contribution in [-0.4, -0.2) is 22.1 Å². The monoisotopic (exact) mass is 540 g/mol. The fourth-order valence-electron chi connectivity index (χ4n) is 3.10. The Labute approximate surface area is 203 Å². The Bertz CT molecular complexity index is 1110. The van der Waals surface area contributed by atoms with Crippen LogP contribution in [0.2, 0.25) is 0 Å². The van der Waals surface area contributed by atoms with Crippen molar-refractivity contribution in [2.75, 3.05) is 13.7 Å². The normalized spacial score (nSPS) is 11.0. The van der Waals surface area contributed by atoms with Crippen LogP contribution in [0.4, 0.5) is 0 Å². The summed E-state index contributed by atoms with van der Waals surface area (Å²) in [6.07, 6.45) is 0.746. The van der Waals surface area contributed by atoms with Gasteiger partial charge in [0, 0.05) is 16.6 Å². The highest BCUT2D eigenvalue weighted by Crippen LogP contribution is 2.35. The number of sulfonamides is 1.